The smallest absolute Gasteiger partial charge is 0.328 e. The van der Waals surface area contributed by atoms with Crippen LogP contribution in [-0.4, -0.2) is 49.4 Å². The number of carbonyl (C=O) groups excluding carboxylic acids is 4. The van der Waals surface area contributed by atoms with Gasteiger partial charge in [0.1, 0.15) is 12.1 Å². The Bertz CT molecular complexity index is 807. The van der Waals surface area contributed by atoms with Gasteiger partial charge < -0.3 is 20.7 Å². The molecule has 1 aromatic carbocycles. The molecule has 31 heavy (non-hydrogen) atoms. The summed E-state index contributed by atoms with van der Waals surface area (Å²) in [6.45, 7) is 4.42. The van der Waals surface area contributed by atoms with Gasteiger partial charge in [0, 0.05) is 18.5 Å². The quantitative estimate of drug-likeness (QED) is 0.384. The van der Waals surface area contributed by atoms with E-state index in [-0.39, 0.29) is 24.2 Å². The van der Waals surface area contributed by atoms with Crippen LogP contribution in [0.25, 0.3) is 6.08 Å². The molecule has 8 heteroatoms. The summed E-state index contributed by atoms with van der Waals surface area (Å²) >= 11 is 0. The normalized spacial score (nSPS) is 17.8. The lowest BCUT2D eigenvalue weighted by molar-refractivity contribution is -0.146. The Hall–Kier alpha value is -3.16. The fraction of sp³-hybridized carbons (Fsp3) is 0.478. The molecule has 0 aromatic heterocycles. The molecule has 2 unspecified atom stereocenters. The molecule has 0 saturated carbocycles. The van der Waals surface area contributed by atoms with Crippen molar-refractivity contribution < 1.29 is 23.9 Å². The molecule has 1 saturated heterocycles. The Morgan fingerprint density at radius 3 is 2.45 bits per heavy atom. The zero-order valence-electron chi connectivity index (χ0n) is 18.2. The summed E-state index contributed by atoms with van der Waals surface area (Å²) in [5.41, 5.74) is 0.864. The Kier molecular flexibility index (Phi) is 9.24. The fourth-order valence-corrected chi connectivity index (χ4v) is 3.44. The van der Waals surface area contributed by atoms with Crippen molar-refractivity contribution in [1.82, 2.24) is 16.0 Å². The third-order valence-electron chi connectivity index (χ3n) is 5.05. The van der Waals surface area contributed by atoms with Crippen LogP contribution in [0.15, 0.2) is 36.4 Å². The largest absolute Gasteiger partial charge is 0.467 e. The van der Waals surface area contributed by atoms with E-state index in [1.807, 2.05) is 44.2 Å². The van der Waals surface area contributed by atoms with E-state index in [1.165, 1.54) is 13.2 Å². The number of esters is 1. The van der Waals surface area contributed by atoms with Crippen LogP contribution in [0.5, 0.6) is 0 Å². The van der Waals surface area contributed by atoms with Gasteiger partial charge in [-0.15, -0.1) is 0 Å². The van der Waals surface area contributed by atoms with Crippen LogP contribution in [-0.2, 0) is 23.9 Å². The minimum atomic E-state index is -0.960. The summed E-state index contributed by atoms with van der Waals surface area (Å²) in [7, 11) is 1.23. The fourth-order valence-electron chi connectivity index (χ4n) is 3.44. The number of rotatable bonds is 10. The number of methoxy groups -OCH3 is 1. The van der Waals surface area contributed by atoms with Crippen molar-refractivity contribution in [3.63, 3.8) is 0 Å². The predicted molar refractivity (Wildman–Crippen MR) is 117 cm³/mol. The lowest BCUT2D eigenvalue weighted by Gasteiger charge is -2.24. The Morgan fingerprint density at radius 1 is 1.16 bits per heavy atom. The van der Waals surface area contributed by atoms with E-state index in [2.05, 4.69) is 16.0 Å². The number of ether oxygens (including phenoxy) is 1. The third kappa shape index (κ3) is 7.88. The molecule has 1 fully saturated rings. The van der Waals surface area contributed by atoms with Gasteiger partial charge >= 0.3 is 5.97 Å². The number of amides is 3. The molecule has 1 heterocycles. The van der Waals surface area contributed by atoms with E-state index in [1.54, 1.807) is 6.08 Å². The SMILES string of the molecule is COC(=O)C(C[C@@H]1CCNC1=O)NC(=O)C(CC(C)C)NC(=O)/C=C/c1ccccc1. The van der Waals surface area contributed by atoms with Gasteiger partial charge in [-0.1, -0.05) is 44.2 Å². The summed E-state index contributed by atoms with van der Waals surface area (Å²) in [6, 6.07) is 7.56. The second-order valence-corrected chi connectivity index (χ2v) is 8.03. The van der Waals surface area contributed by atoms with E-state index in [0.717, 1.165) is 5.56 Å². The van der Waals surface area contributed by atoms with Crippen molar-refractivity contribution >= 4 is 29.8 Å². The van der Waals surface area contributed by atoms with Crippen molar-refractivity contribution in [2.24, 2.45) is 11.8 Å². The van der Waals surface area contributed by atoms with Gasteiger partial charge in [0.05, 0.1) is 7.11 Å². The van der Waals surface area contributed by atoms with E-state index < -0.39 is 29.9 Å². The molecule has 0 spiro atoms. The van der Waals surface area contributed by atoms with E-state index in [0.29, 0.717) is 19.4 Å². The Labute approximate surface area is 182 Å². The Morgan fingerprint density at radius 2 is 1.87 bits per heavy atom. The van der Waals surface area contributed by atoms with Gasteiger partial charge in [0.2, 0.25) is 17.7 Å². The van der Waals surface area contributed by atoms with E-state index >= 15 is 0 Å². The molecule has 1 aliphatic heterocycles. The topological polar surface area (TPSA) is 114 Å². The summed E-state index contributed by atoms with van der Waals surface area (Å²) in [5, 5.41) is 8.10. The van der Waals surface area contributed by atoms with Gasteiger partial charge in [-0.05, 0) is 36.8 Å². The minimum absolute atomic E-state index is 0.131. The molecule has 3 N–H and O–H groups in total. The van der Waals surface area contributed by atoms with Crippen LogP contribution in [0.2, 0.25) is 0 Å². The first-order chi connectivity index (χ1) is 14.8. The summed E-state index contributed by atoms with van der Waals surface area (Å²) in [4.78, 5) is 49.4. The molecule has 3 atom stereocenters. The first kappa shape index (κ1) is 24.1. The van der Waals surface area contributed by atoms with Gasteiger partial charge in [-0.3, -0.25) is 14.4 Å². The predicted octanol–water partition coefficient (Wildman–Crippen LogP) is 1.41. The van der Waals surface area contributed by atoms with Crippen LogP contribution in [0.1, 0.15) is 38.7 Å². The number of carbonyl (C=O) groups is 4. The number of hydrogen-bond donors (Lipinski definition) is 3. The van der Waals surface area contributed by atoms with Gasteiger partial charge in [0.15, 0.2) is 0 Å². The van der Waals surface area contributed by atoms with Crippen molar-refractivity contribution in [3.8, 4) is 0 Å². The lowest BCUT2D eigenvalue weighted by Crippen LogP contribution is -2.52. The second-order valence-electron chi connectivity index (χ2n) is 8.03. The highest BCUT2D eigenvalue weighted by Crippen LogP contribution is 2.17. The number of benzene rings is 1. The molecule has 0 radical (unpaired) electrons. The van der Waals surface area contributed by atoms with E-state index in [4.69, 9.17) is 4.74 Å². The summed E-state index contributed by atoms with van der Waals surface area (Å²) in [5.74, 6) is -1.88. The lowest BCUT2D eigenvalue weighted by atomic mass is 9.97. The zero-order chi connectivity index (χ0) is 22.8. The molecule has 3 amide bonds. The summed E-state index contributed by atoms with van der Waals surface area (Å²) < 4.78 is 4.80. The molecular formula is C23H31N3O5. The zero-order valence-corrected chi connectivity index (χ0v) is 18.2. The van der Waals surface area contributed by atoms with Crippen LogP contribution >= 0.6 is 0 Å². The Balaban J connectivity index is 2.05. The molecule has 8 nitrogen and oxygen atoms in total. The molecule has 1 aromatic rings. The monoisotopic (exact) mass is 429 g/mol. The van der Waals surface area contributed by atoms with Gasteiger partial charge in [-0.25, -0.2) is 4.79 Å². The highest BCUT2D eigenvalue weighted by Gasteiger charge is 2.33. The van der Waals surface area contributed by atoms with Crippen LogP contribution < -0.4 is 16.0 Å². The number of hydrogen-bond acceptors (Lipinski definition) is 5. The van der Waals surface area contributed by atoms with Crippen molar-refractivity contribution in [3.05, 3.63) is 42.0 Å². The highest BCUT2D eigenvalue weighted by atomic mass is 16.5. The molecule has 0 bridgehead atoms. The molecule has 2 rings (SSSR count). The average Bonchev–Trinajstić information content (AvgIpc) is 3.15. The molecule has 168 valence electrons. The summed E-state index contributed by atoms with van der Waals surface area (Å²) in [6.07, 6.45) is 4.18. The van der Waals surface area contributed by atoms with Crippen molar-refractivity contribution in [1.29, 1.82) is 0 Å². The maximum absolute atomic E-state index is 12.9. The first-order valence-corrected chi connectivity index (χ1v) is 10.5. The van der Waals surface area contributed by atoms with Crippen LogP contribution in [0.3, 0.4) is 0 Å². The highest BCUT2D eigenvalue weighted by molar-refractivity contribution is 5.96. The maximum atomic E-state index is 12.9. The molecule has 1 aliphatic rings. The van der Waals surface area contributed by atoms with Crippen LogP contribution in [0, 0.1) is 11.8 Å². The molecule has 0 aliphatic carbocycles. The maximum Gasteiger partial charge on any atom is 0.328 e. The van der Waals surface area contributed by atoms with Crippen molar-refractivity contribution in [2.45, 2.75) is 45.2 Å². The second kappa shape index (κ2) is 11.9. The average molecular weight is 430 g/mol. The third-order valence-corrected chi connectivity index (χ3v) is 5.05. The standard InChI is InChI=1S/C23H31N3O5/c1-15(2)13-18(25-20(27)10-9-16-7-5-4-6-8-16)22(29)26-19(23(30)31-3)14-17-11-12-24-21(17)28/h4-10,15,17-19H,11-14H2,1-3H3,(H,24,28)(H,25,27)(H,26,29)/b10-9+/t17-,18?,19?/m0/s1. The van der Waals surface area contributed by atoms with Crippen molar-refractivity contribution in [2.75, 3.05) is 13.7 Å². The minimum Gasteiger partial charge on any atom is -0.467 e. The van der Waals surface area contributed by atoms with Gasteiger partial charge in [-0.2, -0.15) is 0 Å². The van der Waals surface area contributed by atoms with Gasteiger partial charge in [0.25, 0.3) is 0 Å². The molecular weight excluding hydrogens is 398 g/mol. The number of nitrogens with one attached hydrogen (secondary N) is 3. The van der Waals surface area contributed by atoms with Crippen LogP contribution in [0.4, 0.5) is 0 Å². The van der Waals surface area contributed by atoms with E-state index in [9.17, 15) is 19.2 Å². The first-order valence-electron chi connectivity index (χ1n) is 10.5.